The van der Waals surface area contributed by atoms with Gasteiger partial charge in [0.15, 0.2) is 23.0 Å². The first-order valence-electron chi connectivity index (χ1n) is 43.3. The Morgan fingerprint density at radius 2 is 0.631 bits per heavy atom. The molecule has 0 aliphatic heterocycles. The minimum absolute atomic E-state index is 0.192. The Hall–Kier alpha value is -12.6. The topological polar surface area (TPSA) is 418 Å². The van der Waals surface area contributed by atoms with E-state index in [1.165, 1.54) is 80.9 Å². The Labute approximate surface area is 847 Å². The number of pyridine rings is 1. The zero-order valence-corrected chi connectivity index (χ0v) is 90.0. The van der Waals surface area contributed by atoms with Crippen molar-refractivity contribution in [1.29, 1.82) is 0 Å². The summed E-state index contributed by atoms with van der Waals surface area (Å²) in [6.45, 7) is 29.6. The Morgan fingerprint density at radius 3 is 0.972 bits per heavy atom. The second-order valence-corrected chi connectivity index (χ2v) is 49.2. The predicted octanol–water partition coefficient (Wildman–Crippen LogP) is 23.5. The Bertz CT molecular complexity index is 7700. The fraction of sp³-hybridized carbons (Fsp3) is 0.277. The van der Waals surface area contributed by atoms with Crippen LogP contribution in [0, 0.1) is 20.8 Å². The maximum absolute atomic E-state index is 13.4. The Kier molecular flexibility index (Phi) is 33.5. The summed E-state index contributed by atoms with van der Waals surface area (Å²) in [5.41, 5.74) is 9.10. The van der Waals surface area contributed by atoms with E-state index in [0.717, 1.165) is 98.7 Å². The van der Waals surface area contributed by atoms with Gasteiger partial charge in [-0.25, -0.2) is 33.7 Å². The molecular formula is C101H111Cl2N11O19S8. The lowest BCUT2D eigenvalue weighted by atomic mass is 9.86. The number of carbonyl (C=O) groups excluding carboxylic acids is 6. The zero-order valence-electron chi connectivity index (χ0n) is 82.0. The minimum atomic E-state index is -3.61. The van der Waals surface area contributed by atoms with Crippen LogP contribution < -0.4 is 74.5 Å². The average Bonchev–Trinajstić information content (AvgIpc) is 1.72. The number of nitrogens with zero attached hydrogens (tertiary/aromatic N) is 1. The molecule has 40 heteroatoms. The third-order valence-corrected chi connectivity index (χ3v) is 29.3. The number of rotatable bonds is 25. The standard InChI is InChI=1S/C29H31N3O6S2.C28H30N4O5S2.2C22H25ClN2O4S2/c1-29(2,3)18-15-21(25(38-5)22(16-18)32-40(6,35)36)31-28(34)24-14-17-10-9-12-20(26(17)39-24)30-27(33)19-11-7-8-13-23(19)37-4;1-16-19(10-8-12-29-16)26(33)30-20-11-7-9-17-13-23(38-25(17)20)27(34)31-21-14-18(28(2,3)4)15-22(24(21)37-5)32-39(6,35)36;1-12-7-15(23)8-13-9-18(30-20(12)13)21(26)24-16-10-14(22(2,3)4)11-17(19(16)29-5)25-31(6,27)28;1-12-7-8-15(23)14-11-18(30-20(12)14)21(26)24-16-9-13(22(2,3)4)10-17(19(16)29-5)25-31(6,27)28/h7-16,32H,1-6H3,(H,30,33)(H,31,34);7-15,32H,1-6H3,(H,30,33)(H,31,34);2*7-11,25H,1-6H3,(H,24,26). The van der Waals surface area contributed by atoms with Gasteiger partial charge in [0.2, 0.25) is 40.1 Å². The molecule has 14 aromatic rings. The minimum Gasteiger partial charge on any atom is -0.496 e. The van der Waals surface area contributed by atoms with Crippen LogP contribution in [-0.4, -0.2) is 135 Å². The van der Waals surface area contributed by atoms with Crippen LogP contribution in [0.25, 0.3) is 40.3 Å². The molecule has 141 heavy (non-hydrogen) atoms. The quantitative estimate of drug-likeness (QED) is 0.0254. The molecule has 0 fully saturated rings. The van der Waals surface area contributed by atoms with E-state index in [0.29, 0.717) is 86.2 Å². The summed E-state index contributed by atoms with van der Waals surface area (Å²) in [6, 6.07) is 49.7. The van der Waals surface area contributed by atoms with Gasteiger partial charge in [-0.2, -0.15) is 0 Å². The fourth-order valence-corrected chi connectivity index (χ4v) is 21.4. The number of hydrogen-bond acceptors (Lipinski definition) is 24. The Morgan fingerprint density at radius 1 is 0.312 bits per heavy atom. The summed E-state index contributed by atoms with van der Waals surface area (Å²) in [6.07, 6.45) is 5.87. The van der Waals surface area contributed by atoms with Gasteiger partial charge in [0.05, 0.1) is 157 Å². The number of nitrogens with one attached hydrogen (secondary N) is 10. The number of anilines is 10. The van der Waals surface area contributed by atoms with E-state index in [4.69, 9.17) is 46.9 Å². The van der Waals surface area contributed by atoms with Gasteiger partial charge in [0, 0.05) is 36.7 Å². The number of fused-ring (bicyclic) bond motifs is 4. The van der Waals surface area contributed by atoms with Crippen molar-refractivity contribution in [2.45, 2.75) is 126 Å². The van der Waals surface area contributed by atoms with Gasteiger partial charge in [-0.1, -0.05) is 149 Å². The van der Waals surface area contributed by atoms with Gasteiger partial charge in [-0.15, -0.1) is 45.3 Å². The highest BCUT2D eigenvalue weighted by Crippen LogP contribution is 2.47. The van der Waals surface area contributed by atoms with Crippen molar-refractivity contribution in [2.24, 2.45) is 0 Å². The van der Waals surface area contributed by atoms with Crippen molar-refractivity contribution in [3.05, 3.63) is 256 Å². The second-order valence-electron chi connectivity index (χ2n) is 37.1. The molecule has 0 atom stereocenters. The molecule has 0 spiro atoms. The summed E-state index contributed by atoms with van der Waals surface area (Å²) in [7, 11) is -7.13. The number of amides is 6. The van der Waals surface area contributed by atoms with Gasteiger partial charge in [0.1, 0.15) is 5.75 Å². The molecule has 14 rings (SSSR count). The molecule has 0 aliphatic carbocycles. The molecule has 9 aromatic carbocycles. The van der Waals surface area contributed by atoms with Gasteiger partial charge in [0.25, 0.3) is 35.4 Å². The van der Waals surface area contributed by atoms with Crippen LogP contribution in [0.1, 0.15) is 182 Å². The number of aryl methyl sites for hydroxylation is 3. The lowest BCUT2D eigenvalue weighted by molar-refractivity contribution is 0.101. The lowest BCUT2D eigenvalue weighted by Gasteiger charge is -2.23. The number of halogens is 2. The van der Waals surface area contributed by atoms with Gasteiger partial charge in [-0.3, -0.25) is 52.6 Å². The third kappa shape index (κ3) is 27.8. The van der Waals surface area contributed by atoms with Crippen molar-refractivity contribution >= 4 is 241 Å². The van der Waals surface area contributed by atoms with E-state index in [1.807, 2.05) is 133 Å². The first kappa shape index (κ1) is 109. The molecule has 10 N–H and O–H groups in total. The van der Waals surface area contributed by atoms with Crippen LogP contribution in [-0.2, 0) is 61.8 Å². The number of sulfonamides is 4. The van der Waals surface area contributed by atoms with E-state index < -0.39 is 51.9 Å². The SMILES string of the molecule is COc1c(NC(=O)c2cc3c(Cl)ccc(C)c3s2)cc(C(C)(C)C)cc1NS(C)(=O)=O.COc1c(NC(=O)c2cc3cc(Cl)cc(C)c3s2)cc(C(C)(C)C)cc1NS(C)(=O)=O.COc1c(NC(=O)c2cc3cccc(NC(=O)c4cccnc4C)c3s2)cc(C(C)(C)C)cc1NS(C)(=O)=O.COc1ccccc1C(=O)Nc1cccc2cc(C(=O)Nc3cc(C(C)(C)C)cc(NS(C)(=O)=O)c3OC)sc12. The maximum Gasteiger partial charge on any atom is 0.265 e. The van der Waals surface area contributed by atoms with Crippen molar-refractivity contribution in [3.63, 3.8) is 0 Å². The molecule has 30 nitrogen and oxygen atoms in total. The number of hydrogen-bond donors (Lipinski definition) is 10. The molecule has 0 unspecified atom stereocenters. The summed E-state index contributed by atoms with van der Waals surface area (Å²) < 4.78 is 136. The van der Waals surface area contributed by atoms with Crippen LogP contribution >= 0.6 is 68.5 Å². The van der Waals surface area contributed by atoms with E-state index in [9.17, 15) is 62.4 Å². The number of thiophene rings is 4. The van der Waals surface area contributed by atoms with Gasteiger partial charge >= 0.3 is 0 Å². The summed E-state index contributed by atoms with van der Waals surface area (Å²) in [5, 5.41) is 21.9. The smallest absolute Gasteiger partial charge is 0.265 e. The number of para-hydroxylation sites is 1. The number of aromatic nitrogens is 1. The third-order valence-electron chi connectivity index (χ3n) is 21.5. The second kappa shape index (κ2) is 43.4. The van der Waals surface area contributed by atoms with Crippen LogP contribution in [0.3, 0.4) is 0 Å². The van der Waals surface area contributed by atoms with Gasteiger partial charge in [-0.05, 0) is 219 Å². The molecular weight excluding hydrogens is 2000 g/mol. The van der Waals surface area contributed by atoms with E-state index >= 15 is 0 Å². The van der Waals surface area contributed by atoms with Crippen molar-refractivity contribution < 1.29 is 86.1 Å². The van der Waals surface area contributed by atoms with Gasteiger partial charge < -0.3 is 55.6 Å². The average molecular weight is 2110 g/mol. The van der Waals surface area contributed by atoms with Crippen LogP contribution in [0.2, 0.25) is 10.0 Å². The largest absolute Gasteiger partial charge is 0.496 e. The first-order chi connectivity index (χ1) is 65.6. The molecule has 6 amide bonds. The number of methoxy groups -OCH3 is 5. The molecule has 0 saturated heterocycles. The highest BCUT2D eigenvalue weighted by molar-refractivity contribution is 7.92. The van der Waals surface area contributed by atoms with E-state index in [-0.39, 0.29) is 91.0 Å². The molecule has 0 bridgehead atoms. The van der Waals surface area contributed by atoms with Crippen molar-refractivity contribution in [3.8, 4) is 28.7 Å². The highest BCUT2D eigenvalue weighted by atomic mass is 35.5. The van der Waals surface area contributed by atoms with Crippen molar-refractivity contribution in [1.82, 2.24) is 4.98 Å². The molecule has 5 aromatic heterocycles. The fourth-order valence-electron chi connectivity index (χ4n) is 14.6. The normalized spacial score (nSPS) is 11.9. The maximum atomic E-state index is 13.4. The lowest BCUT2D eigenvalue weighted by Crippen LogP contribution is -2.18. The summed E-state index contributed by atoms with van der Waals surface area (Å²) >= 11 is 17.6. The number of carbonyl (C=O) groups is 6. The summed E-state index contributed by atoms with van der Waals surface area (Å²) in [4.78, 5) is 84.9. The molecule has 0 radical (unpaired) electrons. The first-order valence-corrected chi connectivity index (χ1v) is 54.9. The van der Waals surface area contributed by atoms with Crippen molar-refractivity contribution in [2.75, 3.05) is 111 Å². The Balaban J connectivity index is 0.000000181. The number of ether oxygens (including phenoxy) is 5. The number of benzene rings is 9. The van der Waals surface area contributed by atoms with E-state index in [2.05, 4.69) is 55.8 Å². The molecule has 0 aliphatic rings. The molecule has 5 heterocycles. The van der Waals surface area contributed by atoms with E-state index in [1.54, 1.807) is 147 Å². The zero-order chi connectivity index (χ0) is 104. The summed E-state index contributed by atoms with van der Waals surface area (Å²) in [5.74, 6) is -0.743. The van der Waals surface area contributed by atoms with Crippen LogP contribution in [0.15, 0.2) is 176 Å². The molecule has 746 valence electrons. The monoisotopic (exact) mass is 2110 g/mol. The molecule has 0 saturated carbocycles. The highest BCUT2D eigenvalue weighted by Gasteiger charge is 2.31. The van der Waals surface area contributed by atoms with Crippen LogP contribution in [0.5, 0.6) is 28.7 Å². The predicted molar refractivity (Wildman–Crippen MR) is 577 cm³/mol. The van der Waals surface area contributed by atoms with Crippen LogP contribution in [0.4, 0.5) is 56.9 Å².